The van der Waals surface area contributed by atoms with Gasteiger partial charge in [0.25, 0.3) is 0 Å². The molecule has 3 nitrogen and oxygen atoms in total. The quantitative estimate of drug-likeness (QED) is 0.529. The van der Waals surface area contributed by atoms with Crippen LogP contribution >= 0.6 is 0 Å². The van der Waals surface area contributed by atoms with Crippen LogP contribution < -0.4 is 5.48 Å². The maximum absolute atomic E-state index is 10.5. The van der Waals surface area contributed by atoms with Crippen LogP contribution in [0.25, 0.3) is 0 Å². The van der Waals surface area contributed by atoms with Crippen molar-refractivity contribution in [2.45, 2.75) is 13.8 Å². The molecule has 0 unspecified atom stereocenters. The van der Waals surface area contributed by atoms with Crippen LogP contribution in [0.3, 0.4) is 0 Å². The van der Waals surface area contributed by atoms with Crippen LogP contribution in [0.15, 0.2) is 0 Å². The maximum Gasteiger partial charge on any atom is 0.327 e. The van der Waals surface area contributed by atoms with Gasteiger partial charge in [0.1, 0.15) is 0 Å². The molecule has 0 fully saturated rings. The van der Waals surface area contributed by atoms with Gasteiger partial charge in [0.2, 0.25) is 0 Å². The van der Waals surface area contributed by atoms with E-state index in [1.807, 2.05) is 0 Å². The van der Waals surface area contributed by atoms with Gasteiger partial charge < -0.3 is 4.84 Å². The molecule has 0 rings (SSSR count). The highest BCUT2D eigenvalue weighted by Crippen LogP contribution is 1.91. The van der Waals surface area contributed by atoms with Crippen molar-refractivity contribution in [1.29, 1.82) is 0 Å². The van der Waals surface area contributed by atoms with Gasteiger partial charge in [-0.3, -0.25) is 4.79 Å². The highest BCUT2D eigenvalue weighted by Gasteiger charge is 2.05. The third-order valence-electron chi connectivity index (χ3n) is 0.674. The summed E-state index contributed by atoms with van der Waals surface area (Å²) in [6.07, 6.45) is 0. The summed E-state index contributed by atoms with van der Waals surface area (Å²) in [7, 11) is 1.56. The lowest BCUT2D eigenvalue weighted by molar-refractivity contribution is -0.153. The molecule has 3 heteroatoms. The molecule has 0 aliphatic heterocycles. The topological polar surface area (TPSA) is 38.3 Å². The van der Waals surface area contributed by atoms with Crippen LogP contribution in [0.4, 0.5) is 0 Å². The lowest BCUT2D eigenvalue weighted by Crippen LogP contribution is -2.19. The van der Waals surface area contributed by atoms with Gasteiger partial charge in [-0.15, -0.1) is 0 Å². The molecule has 0 aliphatic rings. The Hall–Kier alpha value is -0.570. The maximum atomic E-state index is 10.5. The Labute approximate surface area is 49.0 Å². The minimum atomic E-state index is -0.229. The molecule has 0 aromatic heterocycles. The molecule has 48 valence electrons. The van der Waals surface area contributed by atoms with Crippen molar-refractivity contribution in [3.63, 3.8) is 0 Å². The molecule has 0 aromatic carbocycles. The Morgan fingerprint density at radius 3 is 2.25 bits per heavy atom. The van der Waals surface area contributed by atoms with Gasteiger partial charge in [0.15, 0.2) is 0 Å². The Morgan fingerprint density at radius 2 is 2.12 bits per heavy atom. The van der Waals surface area contributed by atoms with E-state index in [2.05, 4.69) is 10.3 Å². The fraction of sp³-hybridized carbons (Fsp3) is 0.800. The summed E-state index contributed by atoms with van der Waals surface area (Å²) < 4.78 is 0. The fourth-order valence-electron chi connectivity index (χ4n) is 0.218. The van der Waals surface area contributed by atoms with Crippen LogP contribution in [0.1, 0.15) is 13.8 Å². The Kier molecular flexibility index (Phi) is 3.19. The fourth-order valence-corrected chi connectivity index (χ4v) is 0.218. The lowest BCUT2D eigenvalue weighted by Gasteiger charge is -2.01. The SMILES string of the molecule is CNOC(=O)C(C)C. The molecule has 1 N–H and O–H groups in total. The average molecular weight is 117 g/mol. The Morgan fingerprint density at radius 1 is 1.62 bits per heavy atom. The standard InChI is InChI=1S/C5H11NO2/c1-4(2)5(7)8-6-3/h4,6H,1-3H3. The third-order valence-corrected chi connectivity index (χ3v) is 0.674. The van der Waals surface area contributed by atoms with Crippen molar-refractivity contribution < 1.29 is 9.63 Å². The Balaban J connectivity index is 3.33. The number of carbonyl (C=O) groups excluding carboxylic acids is 1. The van der Waals surface area contributed by atoms with Crippen molar-refractivity contribution in [2.24, 2.45) is 5.92 Å². The first-order valence-electron chi connectivity index (χ1n) is 2.56. The highest BCUT2D eigenvalue weighted by molar-refractivity contribution is 5.71. The molecule has 0 bridgehead atoms. The normalized spacial score (nSPS) is 9.50. The summed E-state index contributed by atoms with van der Waals surface area (Å²) in [4.78, 5) is 14.9. The van der Waals surface area contributed by atoms with Crippen LogP contribution in [-0.4, -0.2) is 13.0 Å². The van der Waals surface area contributed by atoms with Crippen molar-refractivity contribution in [3.8, 4) is 0 Å². The summed E-state index contributed by atoms with van der Waals surface area (Å²) in [6.45, 7) is 3.55. The number of rotatable bonds is 2. The number of hydrogen-bond acceptors (Lipinski definition) is 3. The van der Waals surface area contributed by atoms with Gasteiger partial charge in [-0.1, -0.05) is 13.8 Å². The second-order valence-corrected chi connectivity index (χ2v) is 1.78. The lowest BCUT2D eigenvalue weighted by atomic mass is 10.2. The average Bonchev–Trinajstić information content (AvgIpc) is 1.67. The number of nitrogens with one attached hydrogen (secondary N) is 1. The van der Waals surface area contributed by atoms with Crippen molar-refractivity contribution >= 4 is 5.97 Å². The van der Waals surface area contributed by atoms with E-state index in [4.69, 9.17) is 0 Å². The Bertz CT molecular complexity index is 80.5. The predicted octanol–water partition coefficient (Wildman–Crippen LogP) is 0.320. The molecule has 0 heterocycles. The van der Waals surface area contributed by atoms with Gasteiger partial charge in [-0.05, 0) is 0 Å². The first kappa shape index (κ1) is 7.43. The molecular weight excluding hydrogens is 106 g/mol. The summed E-state index contributed by atoms with van der Waals surface area (Å²) in [5, 5.41) is 0. The minimum absolute atomic E-state index is 0.0533. The number of hydrogen-bond donors (Lipinski definition) is 1. The second kappa shape index (κ2) is 3.43. The van der Waals surface area contributed by atoms with E-state index >= 15 is 0 Å². The van der Waals surface area contributed by atoms with Gasteiger partial charge in [0, 0.05) is 7.05 Å². The van der Waals surface area contributed by atoms with Crippen LogP contribution in [0.2, 0.25) is 0 Å². The predicted molar refractivity (Wildman–Crippen MR) is 30.0 cm³/mol. The number of carbonyl (C=O) groups is 1. The summed E-state index contributed by atoms with van der Waals surface area (Å²) in [5.74, 6) is -0.282. The first-order chi connectivity index (χ1) is 3.68. The first-order valence-corrected chi connectivity index (χ1v) is 2.56. The smallest absolute Gasteiger partial charge is 0.327 e. The van der Waals surface area contributed by atoms with E-state index < -0.39 is 0 Å². The molecule has 0 radical (unpaired) electrons. The second-order valence-electron chi connectivity index (χ2n) is 1.78. The molecule has 0 saturated heterocycles. The van der Waals surface area contributed by atoms with Gasteiger partial charge in [-0.2, -0.15) is 5.48 Å². The van der Waals surface area contributed by atoms with Gasteiger partial charge in [0.05, 0.1) is 5.92 Å². The van der Waals surface area contributed by atoms with Gasteiger partial charge >= 0.3 is 5.97 Å². The van der Waals surface area contributed by atoms with Crippen molar-refractivity contribution in [2.75, 3.05) is 7.05 Å². The third kappa shape index (κ3) is 2.58. The van der Waals surface area contributed by atoms with Gasteiger partial charge in [-0.25, -0.2) is 0 Å². The number of hydroxylamine groups is 1. The van der Waals surface area contributed by atoms with E-state index in [0.29, 0.717) is 0 Å². The van der Waals surface area contributed by atoms with E-state index in [0.717, 1.165) is 0 Å². The molecule has 0 aromatic rings. The summed E-state index contributed by atoms with van der Waals surface area (Å²) >= 11 is 0. The zero-order valence-electron chi connectivity index (χ0n) is 5.39. The van der Waals surface area contributed by atoms with E-state index in [9.17, 15) is 4.79 Å². The zero-order chi connectivity index (χ0) is 6.57. The largest absolute Gasteiger partial charge is 0.371 e. The molecule has 0 spiro atoms. The van der Waals surface area contributed by atoms with Crippen LogP contribution in [0, 0.1) is 5.92 Å². The molecular formula is C5H11NO2. The molecule has 0 amide bonds. The molecule has 0 atom stereocenters. The molecule has 0 saturated carbocycles. The highest BCUT2D eigenvalue weighted by atomic mass is 16.7. The summed E-state index contributed by atoms with van der Waals surface area (Å²) in [6, 6.07) is 0. The van der Waals surface area contributed by atoms with E-state index in [-0.39, 0.29) is 11.9 Å². The monoisotopic (exact) mass is 117 g/mol. The minimum Gasteiger partial charge on any atom is -0.371 e. The summed E-state index contributed by atoms with van der Waals surface area (Å²) in [5.41, 5.74) is 2.30. The zero-order valence-corrected chi connectivity index (χ0v) is 5.39. The van der Waals surface area contributed by atoms with Crippen molar-refractivity contribution in [1.82, 2.24) is 5.48 Å². The van der Waals surface area contributed by atoms with Crippen LogP contribution in [-0.2, 0) is 9.63 Å². The molecule has 8 heavy (non-hydrogen) atoms. The van der Waals surface area contributed by atoms with Crippen LogP contribution in [0.5, 0.6) is 0 Å². The molecule has 0 aliphatic carbocycles. The van der Waals surface area contributed by atoms with Crippen molar-refractivity contribution in [3.05, 3.63) is 0 Å². The van der Waals surface area contributed by atoms with E-state index in [1.165, 1.54) is 0 Å². The van der Waals surface area contributed by atoms with E-state index in [1.54, 1.807) is 20.9 Å².